The number of hydrogen-bond donors (Lipinski definition) is 1. The second kappa shape index (κ2) is 9.66. The van der Waals surface area contributed by atoms with Crippen molar-refractivity contribution in [2.75, 3.05) is 33.7 Å². The molecule has 1 aliphatic rings. The molecule has 2 aromatic heterocycles. The Labute approximate surface area is 201 Å². The third kappa shape index (κ3) is 4.89. The van der Waals surface area contributed by atoms with E-state index in [0.29, 0.717) is 12.5 Å². The number of nitrogens with one attached hydrogen (secondary N) is 1. The summed E-state index contributed by atoms with van der Waals surface area (Å²) < 4.78 is 8.01. The molecule has 0 saturated carbocycles. The normalized spacial score (nSPS) is 15.0. The Kier molecular flexibility index (Phi) is 6.84. The molecule has 4 rings (SSSR count). The Balaban J connectivity index is 1.57. The van der Waals surface area contributed by atoms with Crippen LogP contribution in [0.5, 0.6) is 5.75 Å². The van der Waals surface area contributed by atoms with Gasteiger partial charge >= 0.3 is 0 Å². The molecule has 7 heteroatoms. The van der Waals surface area contributed by atoms with Crippen LogP contribution in [0.15, 0.2) is 35.3 Å². The van der Waals surface area contributed by atoms with Crippen LogP contribution in [-0.4, -0.2) is 65.1 Å². The molecule has 182 valence electrons. The summed E-state index contributed by atoms with van der Waals surface area (Å²) >= 11 is 0. The average molecular weight is 465 g/mol. The zero-order valence-electron chi connectivity index (χ0n) is 21.1. The number of fused-ring (bicyclic) bond motifs is 1. The van der Waals surface area contributed by atoms with Gasteiger partial charge in [-0.05, 0) is 56.8 Å². The molecule has 34 heavy (non-hydrogen) atoms. The van der Waals surface area contributed by atoms with Gasteiger partial charge in [0, 0.05) is 61.2 Å². The molecule has 1 fully saturated rings. The predicted molar refractivity (Wildman–Crippen MR) is 137 cm³/mol. The molecular weight excluding hydrogens is 428 g/mol. The van der Waals surface area contributed by atoms with E-state index >= 15 is 0 Å². The fraction of sp³-hybridized carbons (Fsp3) is 0.481. The molecule has 0 unspecified atom stereocenters. The second-order valence-electron chi connectivity index (χ2n) is 10.0. The molecule has 1 N–H and O–H groups in total. The van der Waals surface area contributed by atoms with Gasteiger partial charge in [-0.15, -0.1) is 0 Å². The zero-order chi connectivity index (χ0) is 24.6. The van der Waals surface area contributed by atoms with Crippen LogP contribution in [0.4, 0.5) is 0 Å². The number of carbonyl (C=O) groups is 1. The van der Waals surface area contributed by atoms with Gasteiger partial charge in [-0.2, -0.15) is 0 Å². The number of aromatic amines is 1. The van der Waals surface area contributed by atoms with E-state index in [1.165, 1.54) is 5.56 Å². The van der Waals surface area contributed by atoms with Crippen LogP contribution in [-0.2, 0) is 11.8 Å². The minimum absolute atomic E-state index is 0.0242. The fourth-order valence-corrected chi connectivity index (χ4v) is 4.89. The number of H-pyrrole nitrogens is 1. The van der Waals surface area contributed by atoms with Crippen molar-refractivity contribution in [2.24, 2.45) is 7.05 Å². The summed E-state index contributed by atoms with van der Waals surface area (Å²) in [5, 5.41) is 1.15. The topological polar surface area (TPSA) is 70.6 Å². The van der Waals surface area contributed by atoms with Crippen molar-refractivity contribution in [3.05, 3.63) is 51.9 Å². The number of aryl methyl sites for hydroxylation is 2. The summed E-state index contributed by atoms with van der Waals surface area (Å²) in [6, 6.07) is 8.18. The van der Waals surface area contributed by atoms with Crippen molar-refractivity contribution in [2.45, 2.75) is 45.6 Å². The van der Waals surface area contributed by atoms with Gasteiger partial charge in [0.15, 0.2) is 0 Å². The number of piperidine rings is 1. The number of benzene rings is 1. The van der Waals surface area contributed by atoms with Crippen molar-refractivity contribution in [1.29, 1.82) is 0 Å². The van der Waals surface area contributed by atoms with Gasteiger partial charge < -0.3 is 24.1 Å². The van der Waals surface area contributed by atoms with Crippen molar-refractivity contribution in [3.63, 3.8) is 0 Å². The molecule has 0 atom stereocenters. The average Bonchev–Trinajstić information content (AvgIpc) is 3.16. The van der Waals surface area contributed by atoms with Crippen LogP contribution in [0.1, 0.15) is 43.7 Å². The molecule has 1 amide bonds. The molecule has 1 aliphatic heterocycles. The van der Waals surface area contributed by atoms with E-state index in [4.69, 9.17) is 4.74 Å². The number of nitrogens with zero attached hydrogens (tertiary/aromatic N) is 3. The number of rotatable bonds is 6. The smallest absolute Gasteiger partial charge is 0.253 e. The lowest BCUT2D eigenvalue weighted by atomic mass is 9.96. The summed E-state index contributed by atoms with van der Waals surface area (Å²) in [6.07, 6.45) is 3.68. The van der Waals surface area contributed by atoms with E-state index in [1.54, 1.807) is 11.6 Å². The first kappa shape index (κ1) is 24.1. The Hall–Kier alpha value is -3.06. The molecule has 1 aromatic carbocycles. The molecule has 7 nitrogen and oxygen atoms in total. The number of aromatic nitrogens is 2. The van der Waals surface area contributed by atoms with Crippen molar-refractivity contribution in [1.82, 2.24) is 19.4 Å². The summed E-state index contributed by atoms with van der Waals surface area (Å²) in [4.78, 5) is 31.9. The number of pyridine rings is 1. The van der Waals surface area contributed by atoms with Crippen molar-refractivity contribution < 1.29 is 9.53 Å². The molecule has 0 spiro atoms. The second-order valence-corrected chi connectivity index (χ2v) is 10.0. The number of likely N-dealkylation sites (N-methyl/N-ethyl adjacent to an activating group) is 1. The molecule has 1 saturated heterocycles. The molecule has 0 bridgehead atoms. The number of hydrogen-bond acceptors (Lipinski definition) is 4. The van der Waals surface area contributed by atoms with Gasteiger partial charge in [0.25, 0.3) is 5.56 Å². The number of likely N-dealkylation sites (tertiary alicyclic amines) is 1. The third-order valence-corrected chi connectivity index (χ3v) is 6.59. The van der Waals surface area contributed by atoms with Crippen LogP contribution in [0.3, 0.4) is 0 Å². The van der Waals surface area contributed by atoms with Gasteiger partial charge in [0.2, 0.25) is 5.91 Å². The Morgan fingerprint density at radius 1 is 1.21 bits per heavy atom. The molecule has 3 heterocycles. The van der Waals surface area contributed by atoms with Crippen LogP contribution >= 0.6 is 0 Å². The maximum absolute atomic E-state index is 12.3. The van der Waals surface area contributed by atoms with E-state index in [0.717, 1.165) is 59.4 Å². The fourth-order valence-electron chi connectivity index (χ4n) is 4.89. The van der Waals surface area contributed by atoms with Gasteiger partial charge in [-0.1, -0.05) is 13.8 Å². The predicted octanol–water partition coefficient (Wildman–Crippen LogP) is 3.90. The molecule has 0 radical (unpaired) electrons. The molecule has 0 aliphatic carbocycles. The van der Waals surface area contributed by atoms with Crippen LogP contribution in [0.25, 0.3) is 22.2 Å². The Bertz CT molecular complexity index is 1220. The largest absolute Gasteiger partial charge is 0.490 e. The standard InChI is InChI=1S/C27H36N4O3/c1-17(2)25-22-14-21(34-20-9-11-31(12-10-20)24(32)16-29(4)5)7-8-23(22)28-26(25)19-13-18(3)27(33)30(6)15-19/h7-8,13-15,17,20,28H,9-12,16H2,1-6H3. The van der Waals surface area contributed by atoms with Crippen molar-refractivity contribution in [3.8, 4) is 17.0 Å². The lowest BCUT2D eigenvalue weighted by Gasteiger charge is -2.32. The minimum Gasteiger partial charge on any atom is -0.490 e. The van der Waals surface area contributed by atoms with E-state index < -0.39 is 0 Å². The lowest BCUT2D eigenvalue weighted by Crippen LogP contribution is -2.44. The van der Waals surface area contributed by atoms with Crippen LogP contribution in [0, 0.1) is 6.92 Å². The minimum atomic E-state index is 0.0242. The monoisotopic (exact) mass is 464 g/mol. The first-order valence-electron chi connectivity index (χ1n) is 12.1. The lowest BCUT2D eigenvalue weighted by molar-refractivity contribution is -0.133. The maximum atomic E-state index is 12.3. The van der Waals surface area contributed by atoms with Crippen molar-refractivity contribution >= 4 is 16.8 Å². The summed E-state index contributed by atoms with van der Waals surface area (Å²) in [5.74, 6) is 1.33. The number of ether oxygens (including phenoxy) is 1. The first-order chi connectivity index (χ1) is 16.1. The summed E-state index contributed by atoms with van der Waals surface area (Å²) in [6.45, 7) is 8.15. The highest BCUT2D eigenvalue weighted by molar-refractivity contribution is 5.92. The van der Waals surface area contributed by atoms with Crippen LogP contribution in [0.2, 0.25) is 0 Å². The van der Waals surface area contributed by atoms with E-state index in [2.05, 4.69) is 31.0 Å². The number of amides is 1. The number of carbonyl (C=O) groups excluding carboxylic acids is 1. The van der Waals surface area contributed by atoms with Crippen LogP contribution < -0.4 is 10.3 Å². The van der Waals surface area contributed by atoms with Gasteiger partial charge in [-0.25, -0.2) is 0 Å². The third-order valence-electron chi connectivity index (χ3n) is 6.59. The van der Waals surface area contributed by atoms with Gasteiger partial charge in [-0.3, -0.25) is 9.59 Å². The maximum Gasteiger partial charge on any atom is 0.253 e. The Morgan fingerprint density at radius 3 is 2.53 bits per heavy atom. The van der Waals surface area contributed by atoms with Gasteiger partial charge in [0.05, 0.1) is 12.2 Å². The van der Waals surface area contributed by atoms with E-state index in [9.17, 15) is 9.59 Å². The highest BCUT2D eigenvalue weighted by Crippen LogP contribution is 2.37. The highest BCUT2D eigenvalue weighted by Gasteiger charge is 2.25. The summed E-state index contributed by atoms with van der Waals surface area (Å²) in [7, 11) is 5.63. The zero-order valence-corrected chi connectivity index (χ0v) is 21.1. The highest BCUT2D eigenvalue weighted by atomic mass is 16.5. The summed E-state index contributed by atoms with van der Waals surface area (Å²) in [5.41, 5.74) is 5.10. The quantitative estimate of drug-likeness (QED) is 0.601. The molecular formula is C27H36N4O3. The molecule has 3 aromatic rings. The SMILES string of the molecule is Cc1cc(-c2[nH]c3ccc(OC4CCN(C(=O)CN(C)C)CC4)cc3c2C(C)C)cn(C)c1=O. The first-order valence-corrected chi connectivity index (χ1v) is 12.1. The van der Waals surface area contributed by atoms with Gasteiger partial charge in [0.1, 0.15) is 11.9 Å². The van der Waals surface area contributed by atoms with E-state index in [1.807, 2.05) is 49.1 Å². The van der Waals surface area contributed by atoms with E-state index in [-0.39, 0.29) is 17.6 Å². The Morgan fingerprint density at radius 2 is 1.91 bits per heavy atom.